The Kier molecular flexibility index (Phi) is 9.88. The lowest BCUT2D eigenvalue weighted by Crippen LogP contribution is -2.37. The maximum Gasteiger partial charge on any atom is 0.281 e. The molecule has 8 nitrogen and oxygen atoms in total. The summed E-state index contributed by atoms with van der Waals surface area (Å²) >= 11 is 0. The van der Waals surface area contributed by atoms with E-state index in [2.05, 4.69) is 17.5 Å². The number of nitrogens with one attached hydrogen (secondary N) is 2. The first kappa shape index (κ1) is 24.9. The fourth-order valence-corrected chi connectivity index (χ4v) is 3.06. The number of anilines is 1. The van der Waals surface area contributed by atoms with E-state index in [0.717, 1.165) is 16.8 Å². The van der Waals surface area contributed by atoms with Crippen LogP contribution in [0.25, 0.3) is 12.2 Å². The minimum Gasteiger partial charge on any atom is -0.369 e. The van der Waals surface area contributed by atoms with Crippen molar-refractivity contribution < 1.29 is 9.59 Å². The van der Waals surface area contributed by atoms with Crippen LogP contribution in [0.15, 0.2) is 60.3 Å². The molecule has 0 fully saturated rings. The summed E-state index contributed by atoms with van der Waals surface area (Å²) in [6.07, 6.45) is 5.21. The minimum atomic E-state index is -0.635. The van der Waals surface area contributed by atoms with Crippen molar-refractivity contribution in [2.75, 3.05) is 18.0 Å². The Balaban J connectivity index is 2.24. The summed E-state index contributed by atoms with van der Waals surface area (Å²) in [5.41, 5.74) is 5.33. The van der Waals surface area contributed by atoms with Gasteiger partial charge in [0, 0.05) is 24.9 Å². The second kappa shape index (κ2) is 13.1. The van der Waals surface area contributed by atoms with Gasteiger partial charge in [0.2, 0.25) is 5.91 Å². The summed E-state index contributed by atoms with van der Waals surface area (Å²) in [6, 6.07) is 19.1. The van der Waals surface area contributed by atoms with E-state index < -0.39 is 11.8 Å². The van der Waals surface area contributed by atoms with Gasteiger partial charge in [0.1, 0.15) is 5.70 Å². The second-order valence-electron chi connectivity index (χ2n) is 7.11. The lowest BCUT2D eigenvalue weighted by atomic mass is 10.1. The maximum absolute atomic E-state index is 12.3. The molecule has 0 unspecified atom stereocenters. The third-order valence-corrected chi connectivity index (χ3v) is 4.77. The zero-order valence-corrected chi connectivity index (χ0v) is 18.4. The van der Waals surface area contributed by atoms with Crippen molar-refractivity contribution in [1.82, 2.24) is 10.7 Å². The number of hydrogen-bond acceptors (Lipinski definition) is 6. The third kappa shape index (κ3) is 7.98. The van der Waals surface area contributed by atoms with Gasteiger partial charge in [0.25, 0.3) is 5.91 Å². The number of nitrogens with zero attached hydrogens (tertiary/aromatic N) is 3. The highest BCUT2D eigenvalue weighted by atomic mass is 16.2. The molecule has 2 rings (SSSR count). The van der Waals surface area contributed by atoms with Gasteiger partial charge >= 0.3 is 0 Å². The standard InChI is InChI=1S/C25H26N6O2/c1-19-17-22(31(15-5-13-26)16-6-14-27)11-10-21(19)18-23(25(33)30-28)29-24(32)12-9-20-7-3-2-4-8-20/h2-4,7-12,17-18H,5-6,15-16,28H2,1H3,(H,29,32)(H,30,33)/b12-9-,23-18+. The number of rotatable bonds is 10. The molecule has 168 valence electrons. The van der Waals surface area contributed by atoms with Crippen LogP contribution in [-0.2, 0) is 9.59 Å². The number of carbonyl (C=O) groups excluding carboxylic acids is 2. The molecule has 0 spiro atoms. The average Bonchev–Trinajstić information content (AvgIpc) is 2.83. The van der Waals surface area contributed by atoms with Crippen LogP contribution in [0.2, 0.25) is 0 Å². The van der Waals surface area contributed by atoms with Crippen LogP contribution in [0, 0.1) is 29.6 Å². The fourth-order valence-electron chi connectivity index (χ4n) is 3.06. The van der Waals surface area contributed by atoms with Crippen LogP contribution >= 0.6 is 0 Å². The molecule has 0 aliphatic heterocycles. The smallest absolute Gasteiger partial charge is 0.281 e. The van der Waals surface area contributed by atoms with Crippen LogP contribution in [-0.4, -0.2) is 24.9 Å². The van der Waals surface area contributed by atoms with Crippen molar-refractivity contribution in [3.05, 3.63) is 77.0 Å². The summed E-state index contributed by atoms with van der Waals surface area (Å²) in [5.74, 6) is 4.19. The summed E-state index contributed by atoms with van der Waals surface area (Å²) in [4.78, 5) is 26.6. The highest BCUT2D eigenvalue weighted by Crippen LogP contribution is 2.21. The van der Waals surface area contributed by atoms with Gasteiger partial charge < -0.3 is 10.2 Å². The number of nitriles is 2. The Hall–Kier alpha value is -4.40. The number of hydrogen-bond donors (Lipinski definition) is 3. The molecule has 2 amide bonds. The molecule has 0 saturated heterocycles. The molecule has 0 saturated carbocycles. The molecule has 2 aromatic rings. The van der Waals surface area contributed by atoms with Crippen LogP contribution in [0.5, 0.6) is 0 Å². The van der Waals surface area contributed by atoms with Crippen LogP contribution in [0.1, 0.15) is 29.5 Å². The van der Waals surface area contributed by atoms with Crippen molar-refractivity contribution >= 4 is 29.7 Å². The van der Waals surface area contributed by atoms with Crippen molar-refractivity contribution in [1.29, 1.82) is 10.5 Å². The van der Waals surface area contributed by atoms with Crippen molar-refractivity contribution in [3.8, 4) is 12.1 Å². The number of amides is 2. The minimum absolute atomic E-state index is 0.00174. The van der Waals surface area contributed by atoms with Gasteiger partial charge in [-0.05, 0) is 47.9 Å². The molecule has 0 radical (unpaired) electrons. The molecule has 0 heterocycles. The predicted octanol–water partition coefficient (Wildman–Crippen LogP) is 2.79. The number of aryl methyl sites for hydroxylation is 1. The normalized spacial score (nSPS) is 10.8. The Morgan fingerprint density at radius 3 is 2.30 bits per heavy atom. The first-order valence-corrected chi connectivity index (χ1v) is 10.3. The Bertz CT molecular complexity index is 1090. The first-order valence-electron chi connectivity index (χ1n) is 10.3. The molecule has 4 N–H and O–H groups in total. The summed E-state index contributed by atoms with van der Waals surface area (Å²) < 4.78 is 0. The van der Waals surface area contributed by atoms with E-state index in [4.69, 9.17) is 16.4 Å². The lowest BCUT2D eigenvalue weighted by Gasteiger charge is -2.23. The molecule has 8 heteroatoms. The van der Waals surface area contributed by atoms with Gasteiger partial charge in [-0.3, -0.25) is 15.0 Å². The van der Waals surface area contributed by atoms with Crippen LogP contribution in [0.4, 0.5) is 5.69 Å². The number of nitrogens with two attached hydrogens (primary N) is 1. The summed E-state index contributed by atoms with van der Waals surface area (Å²) in [7, 11) is 0. The van der Waals surface area contributed by atoms with Gasteiger partial charge in [0.15, 0.2) is 0 Å². The van der Waals surface area contributed by atoms with Crippen molar-refractivity contribution in [3.63, 3.8) is 0 Å². The Morgan fingerprint density at radius 2 is 1.73 bits per heavy atom. The average molecular weight is 443 g/mol. The lowest BCUT2D eigenvalue weighted by molar-refractivity contribution is -0.121. The van der Waals surface area contributed by atoms with Crippen LogP contribution < -0.4 is 21.5 Å². The maximum atomic E-state index is 12.3. The van der Waals surface area contributed by atoms with Crippen molar-refractivity contribution in [2.24, 2.45) is 5.84 Å². The molecule has 0 bridgehead atoms. The number of hydrazine groups is 1. The molecule has 0 aliphatic rings. The van der Waals surface area contributed by atoms with Crippen molar-refractivity contribution in [2.45, 2.75) is 19.8 Å². The van der Waals surface area contributed by atoms with E-state index in [9.17, 15) is 9.59 Å². The van der Waals surface area contributed by atoms with E-state index in [-0.39, 0.29) is 5.70 Å². The zero-order valence-electron chi connectivity index (χ0n) is 18.4. The molecule has 0 aliphatic carbocycles. The molecular formula is C25H26N6O2. The van der Waals surface area contributed by atoms with Gasteiger partial charge in [-0.25, -0.2) is 5.84 Å². The van der Waals surface area contributed by atoms with Gasteiger partial charge in [-0.1, -0.05) is 36.4 Å². The predicted molar refractivity (Wildman–Crippen MR) is 128 cm³/mol. The number of benzene rings is 2. The van der Waals surface area contributed by atoms with E-state index in [0.29, 0.717) is 31.5 Å². The SMILES string of the molecule is Cc1cc(N(CCC#N)CCC#N)ccc1/C=C(/NC(=O)/C=C\c1ccccc1)C(=O)NN. The van der Waals surface area contributed by atoms with E-state index in [1.807, 2.05) is 65.8 Å². The zero-order chi connectivity index (χ0) is 24.1. The molecule has 0 atom stereocenters. The molecule has 0 aromatic heterocycles. The Labute approximate surface area is 193 Å². The van der Waals surface area contributed by atoms with E-state index in [1.54, 1.807) is 12.2 Å². The molecule has 2 aromatic carbocycles. The summed E-state index contributed by atoms with van der Waals surface area (Å²) in [5, 5.41) is 20.4. The van der Waals surface area contributed by atoms with Gasteiger partial charge in [-0.2, -0.15) is 10.5 Å². The van der Waals surface area contributed by atoms with E-state index >= 15 is 0 Å². The van der Waals surface area contributed by atoms with Crippen LogP contribution in [0.3, 0.4) is 0 Å². The quantitative estimate of drug-likeness (QED) is 0.224. The third-order valence-electron chi connectivity index (χ3n) is 4.77. The number of carbonyl (C=O) groups is 2. The van der Waals surface area contributed by atoms with E-state index in [1.165, 1.54) is 6.08 Å². The van der Waals surface area contributed by atoms with Gasteiger partial charge in [0.05, 0.1) is 25.0 Å². The topological polar surface area (TPSA) is 135 Å². The summed E-state index contributed by atoms with van der Waals surface area (Å²) in [6.45, 7) is 2.89. The highest BCUT2D eigenvalue weighted by molar-refractivity contribution is 6.04. The second-order valence-corrected chi connectivity index (χ2v) is 7.11. The monoisotopic (exact) mass is 442 g/mol. The fraction of sp³-hybridized carbons (Fsp3) is 0.200. The molecule has 33 heavy (non-hydrogen) atoms. The Morgan fingerprint density at radius 1 is 1.06 bits per heavy atom. The van der Waals surface area contributed by atoms with Gasteiger partial charge in [-0.15, -0.1) is 0 Å². The highest BCUT2D eigenvalue weighted by Gasteiger charge is 2.13. The molecular weight excluding hydrogens is 416 g/mol. The largest absolute Gasteiger partial charge is 0.369 e. The first-order chi connectivity index (χ1) is 16.0.